The van der Waals surface area contributed by atoms with E-state index in [2.05, 4.69) is 0 Å². The highest BCUT2D eigenvalue weighted by atomic mass is 32.1. The molecule has 0 saturated carbocycles. The highest BCUT2D eigenvalue weighted by molar-refractivity contribution is 7.80. The minimum atomic E-state index is -1.02. The van der Waals surface area contributed by atoms with Crippen molar-refractivity contribution in [1.82, 2.24) is 4.90 Å². The summed E-state index contributed by atoms with van der Waals surface area (Å²) in [5.74, 6) is -1.62. The van der Waals surface area contributed by atoms with Crippen LogP contribution in [0.5, 0.6) is 0 Å². The van der Waals surface area contributed by atoms with E-state index in [1.165, 1.54) is 4.90 Å². The topological polar surface area (TPSA) is 77.8 Å². The maximum Gasteiger partial charge on any atom is 0.323 e. The first-order valence-electron chi connectivity index (χ1n) is 8.98. The Labute approximate surface area is 160 Å². The van der Waals surface area contributed by atoms with E-state index in [0.717, 1.165) is 18.4 Å². The molecule has 0 aromatic heterocycles. The first kappa shape index (κ1) is 20.5. The molecule has 26 heavy (non-hydrogen) atoms. The van der Waals surface area contributed by atoms with Crippen LogP contribution in [0.15, 0.2) is 30.3 Å². The Morgan fingerprint density at radius 1 is 1.35 bits per heavy atom. The van der Waals surface area contributed by atoms with Gasteiger partial charge in [0.2, 0.25) is 5.91 Å². The zero-order chi connectivity index (χ0) is 19.3. The molecule has 0 spiro atoms. The molecule has 5 nitrogen and oxygen atoms in total. The lowest BCUT2D eigenvalue weighted by Crippen LogP contribution is -2.51. The van der Waals surface area contributed by atoms with Crippen LogP contribution in [0.2, 0.25) is 0 Å². The fraction of sp³-hybridized carbons (Fsp3) is 0.550. The minimum absolute atomic E-state index is 0.198. The molecule has 1 aliphatic rings. The summed E-state index contributed by atoms with van der Waals surface area (Å²) in [6, 6.07) is 9.67. The first-order chi connectivity index (χ1) is 12.2. The molecule has 1 aliphatic heterocycles. The second-order valence-corrected chi connectivity index (χ2v) is 8.12. The molecule has 0 aliphatic carbocycles. The van der Waals surface area contributed by atoms with E-state index < -0.39 is 23.5 Å². The zero-order valence-electron chi connectivity index (χ0n) is 15.4. The van der Waals surface area contributed by atoms with Crippen LogP contribution in [0.1, 0.15) is 45.1 Å². The predicted molar refractivity (Wildman–Crippen MR) is 104 cm³/mol. The third kappa shape index (κ3) is 5.35. The highest BCUT2D eigenvalue weighted by Crippen LogP contribution is 2.32. The van der Waals surface area contributed by atoms with Crippen molar-refractivity contribution in [2.75, 3.05) is 6.54 Å². The smallest absolute Gasteiger partial charge is 0.323 e. The Bertz CT molecular complexity index is 659. The molecule has 142 valence electrons. The number of carboxylic acids is 1. The molecule has 1 fully saturated rings. The van der Waals surface area contributed by atoms with E-state index in [9.17, 15) is 14.7 Å². The molecule has 1 aromatic rings. The number of likely N-dealkylation sites (tertiary alicyclic amines) is 1. The second-order valence-electron chi connectivity index (χ2n) is 7.60. The number of carbonyl (C=O) groups is 2. The third-order valence-corrected chi connectivity index (χ3v) is 5.50. The number of rotatable bonds is 7. The van der Waals surface area contributed by atoms with Crippen LogP contribution in [-0.2, 0) is 16.0 Å². The van der Waals surface area contributed by atoms with Crippen molar-refractivity contribution >= 4 is 29.0 Å². The molecule has 2 atom stereocenters. The van der Waals surface area contributed by atoms with E-state index >= 15 is 0 Å². The normalized spacial score (nSPS) is 21.1. The number of aliphatic hydroxyl groups is 1. The molecule has 2 N–H and O–H groups in total. The van der Waals surface area contributed by atoms with Crippen molar-refractivity contribution in [3.8, 4) is 0 Å². The van der Waals surface area contributed by atoms with Gasteiger partial charge in [0, 0.05) is 22.7 Å². The van der Waals surface area contributed by atoms with Gasteiger partial charge in [-0.25, -0.2) is 0 Å². The Morgan fingerprint density at radius 2 is 2.00 bits per heavy atom. The number of hydrogen-bond donors (Lipinski definition) is 2. The van der Waals surface area contributed by atoms with Crippen LogP contribution in [0.25, 0.3) is 0 Å². The molecular formula is C20H27NO4S. The molecule has 0 bridgehead atoms. The van der Waals surface area contributed by atoms with Crippen LogP contribution < -0.4 is 0 Å². The lowest BCUT2D eigenvalue weighted by Gasteiger charge is -2.37. The number of amides is 1. The molecule has 1 unspecified atom stereocenters. The van der Waals surface area contributed by atoms with Gasteiger partial charge in [-0.15, -0.1) is 0 Å². The van der Waals surface area contributed by atoms with Gasteiger partial charge in [0.1, 0.15) is 6.54 Å². The van der Waals surface area contributed by atoms with Crippen molar-refractivity contribution < 1.29 is 19.8 Å². The fourth-order valence-corrected chi connectivity index (χ4v) is 3.78. The van der Waals surface area contributed by atoms with Gasteiger partial charge >= 0.3 is 5.97 Å². The molecule has 0 radical (unpaired) electrons. The molecule has 1 aromatic carbocycles. The summed E-state index contributed by atoms with van der Waals surface area (Å²) in [5.41, 5.74) is 0.525. The molecular weight excluding hydrogens is 350 g/mol. The standard InChI is InChI=1S/C20H27NO4S/c1-20(2)10-6-9-15(19(25)21(20)13-18(23)24)12-16(22)17(26)11-14-7-4-3-5-8-14/h3-5,7-8,15-16,22H,6,9-13H2,1-2H3,(H,23,24)/t15-,16?/m1/s1. The summed E-state index contributed by atoms with van der Waals surface area (Å²) < 4.78 is 0. The lowest BCUT2D eigenvalue weighted by molar-refractivity contribution is -0.150. The highest BCUT2D eigenvalue weighted by Gasteiger charge is 2.39. The Kier molecular flexibility index (Phi) is 6.89. The summed E-state index contributed by atoms with van der Waals surface area (Å²) in [5, 5.41) is 19.7. The quantitative estimate of drug-likeness (QED) is 0.715. The number of aliphatic hydroxyl groups excluding tert-OH is 1. The van der Waals surface area contributed by atoms with Gasteiger partial charge in [0.05, 0.1) is 6.10 Å². The molecule has 6 heteroatoms. The van der Waals surface area contributed by atoms with Gasteiger partial charge in [-0.1, -0.05) is 49.0 Å². The van der Waals surface area contributed by atoms with Crippen molar-refractivity contribution in [3.05, 3.63) is 35.9 Å². The molecule has 1 heterocycles. The van der Waals surface area contributed by atoms with Gasteiger partial charge in [-0.3, -0.25) is 9.59 Å². The number of benzene rings is 1. The average molecular weight is 378 g/mol. The largest absolute Gasteiger partial charge is 0.480 e. The van der Waals surface area contributed by atoms with Crippen LogP contribution in [0.4, 0.5) is 0 Å². The van der Waals surface area contributed by atoms with Crippen molar-refractivity contribution in [2.45, 2.75) is 57.6 Å². The monoisotopic (exact) mass is 377 g/mol. The van der Waals surface area contributed by atoms with E-state index in [1.807, 2.05) is 44.2 Å². The fourth-order valence-electron chi connectivity index (χ4n) is 3.52. The number of nitrogens with zero attached hydrogens (tertiary/aromatic N) is 1. The Hall–Kier alpha value is -1.79. The summed E-state index contributed by atoms with van der Waals surface area (Å²) in [7, 11) is 0. The SMILES string of the molecule is CC1(C)CCC[C@H](CC(O)C(=S)Cc2ccccc2)C(=O)N1CC(=O)O. The number of hydrogen-bond acceptors (Lipinski definition) is 4. The molecule has 2 rings (SSSR count). The second kappa shape index (κ2) is 8.73. The van der Waals surface area contributed by atoms with Gasteiger partial charge < -0.3 is 15.1 Å². The van der Waals surface area contributed by atoms with Crippen LogP contribution in [0, 0.1) is 5.92 Å². The number of thiocarbonyl (C=S) groups is 1. The van der Waals surface area contributed by atoms with E-state index in [1.54, 1.807) is 0 Å². The van der Waals surface area contributed by atoms with Crippen molar-refractivity contribution in [3.63, 3.8) is 0 Å². The van der Waals surface area contributed by atoms with Gasteiger partial charge in [-0.2, -0.15) is 0 Å². The first-order valence-corrected chi connectivity index (χ1v) is 9.39. The maximum atomic E-state index is 12.9. The van der Waals surface area contributed by atoms with E-state index in [-0.39, 0.29) is 18.9 Å². The Balaban J connectivity index is 2.05. The molecule has 1 amide bonds. The van der Waals surface area contributed by atoms with E-state index in [4.69, 9.17) is 17.3 Å². The van der Waals surface area contributed by atoms with Crippen LogP contribution in [-0.4, -0.2) is 50.0 Å². The average Bonchev–Trinajstić information content (AvgIpc) is 2.67. The maximum absolute atomic E-state index is 12.9. The van der Waals surface area contributed by atoms with Crippen molar-refractivity contribution in [2.24, 2.45) is 5.92 Å². The third-order valence-electron chi connectivity index (χ3n) is 5.08. The van der Waals surface area contributed by atoms with Gasteiger partial charge in [0.25, 0.3) is 0 Å². The number of carboxylic acid groups (broad SMARTS) is 1. The van der Waals surface area contributed by atoms with Gasteiger partial charge in [0.15, 0.2) is 0 Å². The predicted octanol–water partition coefficient (Wildman–Crippen LogP) is 2.84. The van der Waals surface area contributed by atoms with Gasteiger partial charge in [-0.05, 0) is 38.7 Å². The summed E-state index contributed by atoms with van der Waals surface area (Å²) in [4.78, 5) is 26.1. The lowest BCUT2D eigenvalue weighted by atomic mass is 9.92. The number of aliphatic carboxylic acids is 1. The Morgan fingerprint density at radius 3 is 2.62 bits per heavy atom. The summed E-state index contributed by atoms with van der Waals surface area (Å²) in [6.07, 6.45) is 2.08. The molecule has 1 saturated heterocycles. The van der Waals surface area contributed by atoms with Crippen LogP contribution >= 0.6 is 12.2 Å². The zero-order valence-corrected chi connectivity index (χ0v) is 16.2. The minimum Gasteiger partial charge on any atom is -0.480 e. The summed E-state index contributed by atoms with van der Waals surface area (Å²) in [6.45, 7) is 3.48. The summed E-state index contributed by atoms with van der Waals surface area (Å²) >= 11 is 5.38. The van der Waals surface area contributed by atoms with Crippen LogP contribution in [0.3, 0.4) is 0 Å². The number of carbonyl (C=O) groups excluding carboxylic acids is 1. The van der Waals surface area contributed by atoms with E-state index in [0.29, 0.717) is 17.7 Å². The van der Waals surface area contributed by atoms with Crippen molar-refractivity contribution in [1.29, 1.82) is 0 Å².